The van der Waals surface area contributed by atoms with Gasteiger partial charge in [-0.1, -0.05) is 22.9 Å². The standard InChI is InChI=1S/C14H17BrO2/c1-4-11(15)13(16)9-5-6-12-10(7-9)8-14(2,3)17-12/h5-7,11H,4,8H2,1-3H3. The van der Waals surface area contributed by atoms with Crippen molar-refractivity contribution in [2.45, 2.75) is 44.0 Å². The summed E-state index contributed by atoms with van der Waals surface area (Å²) in [5, 5.41) is 0. The fourth-order valence-electron chi connectivity index (χ4n) is 2.13. The second-order valence-electron chi connectivity index (χ2n) is 5.10. The van der Waals surface area contributed by atoms with Crippen LogP contribution in [0.25, 0.3) is 0 Å². The molecule has 2 rings (SSSR count). The van der Waals surface area contributed by atoms with Gasteiger partial charge in [-0.25, -0.2) is 0 Å². The molecular formula is C14H17BrO2. The molecule has 1 heterocycles. The largest absolute Gasteiger partial charge is 0.487 e. The summed E-state index contributed by atoms with van der Waals surface area (Å²) < 4.78 is 5.79. The van der Waals surface area contributed by atoms with Crippen LogP contribution in [0.15, 0.2) is 18.2 Å². The van der Waals surface area contributed by atoms with E-state index in [1.807, 2.05) is 25.1 Å². The van der Waals surface area contributed by atoms with Crippen molar-refractivity contribution in [3.63, 3.8) is 0 Å². The van der Waals surface area contributed by atoms with Crippen molar-refractivity contribution in [2.24, 2.45) is 0 Å². The first-order chi connectivity index (χ1) is 7.93. The lowest BCUT2D eigenvalue weighted by Gasteiger charge is -2.16. The molecule has 0 saturated heterocycles. The average Bonchev–Trinajstić information content (AvgIpc) is 2.59. The Bertz CT molecular complexity index is 452. The van der Waals surface area contributed by atoms with Crippen LogP contribution in [0.1, 0.15) is 43.1 Å². The second-order valence-corrected chi connectivity index (χ2v) is 6.21. The van der Waals surface area contributed by atoms with E-state index in [0.717, 1.165) is 29.7 Å². The number of fused-ring (bicyclic) bond motifs is 1. The molecule has 0 saturated carbocycles. The first kappa shape index (κ1) is 12.6. The maximum Gasteiger partial charge on any atom is 0.176 e. The summed E-state index contributed by atoms with van der Waals surface area (Å²) >= 11 is 3.40. The molecule has 1 aliphatic heterocycles. The third-order valence-corrected chi connectivity index (χ3v) is 4.05. The molecule has 1 aromatic carbocycles. The molecule has 0 N–H and O–H groups in total. The topological polar surface area (TPSA) is 26.3 Å². The number of ketones is 1. The van der Waals surface area contributed by atoms with Gasteiger partial charge in [0.25, 0.3) is 0 Å². The summed E-state index contributed by atoms with van der Waals surface area (Å²) in [7, 11) is 0. The Kier molecular flexibility index (Phi) is 3.30. The third kappa shape index (κ3) is 2.54. The van der Waals surface area contributed by atoms with E-state index in [4.69, 9.17) is 4.74 Å². The second kappa shape index (κ2) is 4.45. The van der Waals surface area contributed by atoms with Gasteiger partial charge in [-0.15, -0.1) is 0 Å². The smallest absolute Gasteiger partial charge is 0.176 e. The Morgan fingerprint density at radius 3 is 2.88 bits per heavy atom. The highest BCUT2D eigenvalue weighted by molar-refractivity contribution is 9.10. The van der Waals surface area contributed by atoms with Gasteiger partial charge in [0.1, 0.15) is 11.4 Å². The number of hydrogen-bond acceptors (Lipinski definition) is 2. The number of carbonyl (C=O) groups is 1. The highest BCUT2D eigenvalue weighted by Crippen LogP contribution is 2.35. The van der Waals surface area contributed by atoms with E-state index in [-0.39, 0.29) is 16.2 Å². The predicted molar refractivity (Wildman–Crippen MR) is 72.2 cm³/mol. The number of Topliss-reactive ketones (excluding diaryl/α,β-unsaturated/α-hetero) is 1. The van der Waals surface area contributed by atoms with Crippen molar-refractivity contribution in [1.29, 1.82) is 0 Å². The van der Waals surface area contributed by atoms with Crippen LogP contribution in [0.2, 0.25) is 0 Å². The van der Waals surface area contributed by atoms with Crippen LogP contribution in [0.5, 0.6) is 5.75 Å². The first-order valence-corrected chi connectivity index (χ1v) is 6.85. The molecule has 0 aromatic heterocycles. The maximum absolute atomic E-state index is 12.0. The van der Waals surface area contributed by atoms with E-state index in [1.54, 1.807) is 0 Å². The lowest BCUT2D eigenvalue weighted by Crippen LogP contribution is -2.24. The fraction of sp³-hybridized carbons (Fsp3) is 0.500. The van der Waals surface area contributed by atoms with Gasteiger partial charge in [0.2, 0.25) is 0 Å². The van der Waals surface area contributed by atoms with Crippen molar-refractivity contribution in [2.75, 3.05) is 0 Å². The first-order valence-electron chi connectivity index (χ1n) is 5.93. The van der Waals surface area contributed by atoms with Gasteiger partial charge in [-0.3, -0.25) is 4.79 Å². The molecule has 1 aromatic rings. The zero-order valence-corrected chi connectivity index (χ0v) is 12.0. The van der Waals surface area contributed by atoms with Gasteiger partial charge in [0.15, 0.2) is 5.78 Å². The van der Waals surface area contributed by atoms with Crippen LogP contribution < -0.4 is 4.74 Å². The molecular weight excluding hydrogens is 280 g/mol. The monoisotopic (exact) mass is 296 g/mol. The molecule has 0 radical (unpaired) electrons. The molecule has 17 heavy (non-hydrogen) atoms. The molecule has 0 fully saturated rings. The molecule has 0 aliphatic carbocycles. The maximum atomic E-state index is 12.0. The predicted octanol–water partition coefficient (Wildman–Crippen LogP) is 3.76. The van der Waals surface area contributed by atoms with Crippen LogP contribution in [-0.2, 0) is 6.42 Å². The van der Waals surface area contributed by atoms with Crippen LogP contribution >= 0.6 is 15.9 Å². The number of ether oxygens (including phenoxy) is 1. The molecule has 92 valence electrons. The van der Waals surface area contributed by atoms with E-state index in [0.29, 0.717) is 0 Å². The number of rotatable bonds is 3. The zero-order chi connectivity index (χ0) is 12.6. The Balaban J connectivity index is 2.28. The number of benzene rings is 1. The molecule has 1 aliphatic rings. The highest BCUT2D eigenvalue weighted by atomic mass is 79.9. The van der Waals surface area contributed by atoms with E-state index in [2.05, 4.69) is 29.8 Å². The van der Waals surface area contributed by atoms with Gasteiger partial charge in [-0.2, -0.15) is 0 Å². The summed E-state index contributed by atoms with van der Waals surface area (Å²) in [6.07, 6.45) is 1.67. The Hall–Kier alpha value is -0.830. The van der Waals surface area contributed by atoms with E-state index in [9.17, 15) is 4.79 Å². The van der Waals surface area contributed by atoms with Gasteiger partial charge in [-0.05, 0) is 44.0 Å². The van der Waals surface area contributed by atoms with Crippen LogP contribution in [0.4, 0.5) is 0 Å². The van der Waals surface area contributed by atoms with Crippen LogP contribution in [-0.4, -0.2) is 16.2 Å². The molecule has 3 heteroatoms. The number of hydrogen-bond donors (Lipinski definition) is 0. The Morgan fingerprint density at radius 1 is 1.53 bits per heavy atom. The SMILES string of the molecule is CCC(Br)C(=O)c1ccc2c(c1)CC(C)(C)O2. The summed E-state index contributed by atoms with van der Waals surface area (Å²) in [6, 6.07) is 5.73. The molecule has 2 nitrogen and oxygen atoms in total. The quantitative estimate of drug-likeness (QED) is 0.627. The van der Waals surface area contributed by atoms with Crippen molar-refractivity contribution >= 4 is 21.7 Å². The molecule has 0 bridgehead atoms. The van der Waals surface area contributed by atoms with Crippen molar-refractivity contribution in [3.05, 3.63) is 29.3 Å². The summed E-state index contributed by atoms with van der Waals surface area (Å²) in [4.78, 5) is 12.0. The van der Waals surface area contributed by atoms with Crippen molar-refractivity contribution in [3.8, 4) is 5.75 Å². The van der Waals surface area contributed by atoms with Gasteiger partial charge >= 0.3 is 0 Å². The van der Waals surface area contributed by atoms with Crippen molar-refractivity contribution < 1.29 is 9.53 Å². The van der Waals surface area contributed by atoms with Gasteiger partial charge in [0.05, 0.1) is 4.83 Å². The fourth-order valence-corrected chi connectivity index (χ4v) is 2.39. The number of carbonyl (C=O) groups excluding carboxylic acids is 1. The highest BCUT2D eigenvalue weighted by Gasteiger charge is 2.30. The van der Waals surface area contributed by atoms with E-state index < -0.39 is 0 Å². The van der Waals surface area contributed by atoms with Gasteiger partial charge < -0.3 is 4.74 Å². The Labute approximate surface area is 110 Å². The van der Waals surface area contributed by atoms with E-state index in [1.165, 1.54) is 0 Å². The van der Waals surface area contributed by atoms with Crippen LogP contribution in [0.3, 0.4) is 0 Å². The van der Waals surface area contributed by atoms with E-state index >= 15 is 0 Å². The number of halogens is 1. The lowest BCUT2D eigenvalue weighted by atomic mass is 9.98. The minimum absolute atomic E-state index is 0.0871. The van der Waals surface area contributed by atoms with Crippen LogP contribution in [0, 0.1) is 0 Å². The minimum Gasteiger partial charge on any atom is -0.487 e. The normalized spacial score (nSPS) is 18.4. The number of alkyl halides is 1. The minimum atomic E-state index is -0.150. The Morgan fingerprint density at radius 2 is 2.24 bits per heavy atom. The third-order valence-electron chi connectivity index (χ3n) is 2.99. The molecule has 0 amide bonds. The summed E-state index contributed by atoms with van der Waals surface area (Å²) in [6.45, 7) is 6.12. The molecule has 1 atom stereocenters. The summed E-state index contributed by atoms with van der Waals surface area (Å²) in [5.74, 6) is 1.06. The zero-order valence-electron chi connectivity index (χ0n) is 10.4. The summed E-state index contributed by atoms with van der Waals surface area (Å²) in [5.41, 5.74) is 1.76. The van der Waals surface area contributed by atoms with Gasteiger partial charge in [0, 0.05) is 12.0 Å². The van der Waals surface area contributed by atoms with Crippen molar-refractivity contribution in [1.82, 2.24) is 0 Å². The molecule has 1 unspecified atom stereocenters. The molecule has 0 spiro atoms. The lowest BCUT2D eigenvalue weighted by molar-refractivity contribution is 0.0990. The average molecular weight is 297 g/mol.